The molecule has 0 bridgehead atoms. The highest BCUT2D eigenvalue weighted by Crippen LogP contribution is 2.25. The van der Waals surface area contributed by atoms with E-state index in [4.69, 9.17) is 23.2 Å². The molecular weight excluding hydrogens is 331 g/mol. The minimum atomic E-state index is -0.608. The Labute approximate surface area is 117 Å². The number of alkyl halides is 1. The van der Waals surface area contributed by atoms with Crippen LogP contribution in [-0.2, 0) is 4.79 Å². The second-order valence-electron chi connectivity index (χ2n) is 3.07. The topological polar surface area (TPSA) is 58.2 Å². The highest BCUT2D eigenvalue weighted by molar-refractivity contribution is 9.10. The number of hydrogen-bond acceptors (Lipinski definition) is 2. The van der Waals surface area contributed by atoms with Gasteiger partial charge in [0.2, 0.25) is 5.91 Å². The molecule has 1 aromatic rings. The van der Waals surface area contributed by atoms with Crippen LogP contribution in [0, 0.1) is 0 Å². The van der Waals surface area contributed by atoms with Gasteiger partial charge in [0.1, 0.15) is 0 Å². The van der Waals surface area contributed by atoms with Crippen molar-refractivity contribution in [2.75, 3.05) is 11.2 Å². The maximum absolute atomic E-state index is 11.4. The fourth-order valence-electron chi connectivity index (χ4n) is 1.02. The molecule has 0 saturated heterocycles. The van der Waals surface area contributed by atoms with E-state index < -0.39 is 11.9 Å². The normalized spacial score (nSPS) is 9.82. The Hall–Kier alpha value is -0.780. The van der Waals surface area contributed by atoms with Crippen LogP contribution in [0.1, 0.15) is 6.42 Å². The first-order valence-corrected chi connectivity index (χ1v) is 6.35. The number of amides is 3. The number of anilines is 1. The first-order chi connectivity index (χ1) is 8.02. The Balaban J connectivity index is 2.59. The van der Waals surface area contributed by atoms with Crippen molar-refractivity contribution in [2.24, 2.45) is 0 Å². The van der Waals surface area contributed by atoms with Crippen LogP contribution in [0.2, 0.25) is 5.02 Å². The van der Waals surface area contributed by atoms with E-state index in [0.29, 0.717) is 15.2 Å². The molecule has 0 aliphatic carbocycles. The standard InChI is InChI=1S/C10H9BrCl2N2O2/c11-7-5-6(13)1-2-8(7)14-10(17)15-9(16)3-4-12/h1-2,5H,3-4H2,(H2,14,15,16,17). The summed E-state index contributed by atoms with van der Waals surface area (Å²) < 4.78 is 0.630. The van der Waals surface area contributed by atoms with Crippen molar-refractivity contribution in [3.63, 3.8) is 0 Å². The maximum atomic E-state index is 11.4. The SMILES string of the molecule is O=C(CCCl)NC(=O)Nc1ccc(Cl)cc1Br. The minimum Gasteiger partial charge on any atom is -0.307 e. The van der Waals surface area contributed by atoms with Crippen LogP contribution >= 0.6 is 39.1 Å². The summed E-state index contributed by atoms with van der Waals surface area (Å²) in [6, 6.07) is 4.28. The van der Waals surface area contributed by atoms with Gasteiger partial charge in [0, 0.05) is 21.8 Å². The Morgan fingerprint density at radius 2 is 2.06 bits per heavy atom. The molecule has 4 nitrogen and oxygen atoms in total. The monoisotopic (exact) mass is 338 g/mol. The first-order valence-electron chi connectivity index (χ1n) is 4.65. The van der Waals surface area contributed by atoms with E-state index in [-0.39, 0.29) is 12.3 Å². The van der Waals surface area contributed by atoms with Crippen molar-refractivity contribution >= 4 is 56.8 Å². The second kappa shape index (κ2) is 6.83. The molecule has 3 amide bonds. The number of urea groups is 1. The van der Waals surface area contributed by atoms with Gasteiger partial charge in [-0.1, -0.05) is 11.6 Å². The van der Waals surface area contributed by atoms with Gasteiger partial charge in [0.25, 0.3) is 0 Å². The molecular formula is C10H9BrCl2N2O2. The fourth-order valence-corrected chi connectivity index (χ4v) is 1.97. The number of nitrogens with one attached hydrogen (secondary N) is 2. The van der Waals surface area contributed by atoms with E-state index in [0.717, 1.165) is 0 Å². The number of carbonyl (C=O) groups is 2. The molecule has 2 N–H and O–H groups in total. The van der Waals surface area contributed by atoms with Crippen LogP contribution in [0.25, 0.3) is 0 Å². The molecule has 0 saturated carbocycles. The lowest BCUT2D eigenvalue weighted by Gasteiger charge is -2.08. The molecule has 0 spiro atoms. The summed E-state index contributed by atoms with van der Waals surface area (Å²) in [6.07, 6.45) is 0.0940. The summed E-state index contributed by atoms with van der Waals surface area (Å²) in [6.45, 7) is 0. The quantitative estimate of drug-likeness (QED) is 0.829. The predicted molar refractivity (Wildman–Crippen MR) is 71.7 cm³/mol. The molecule has 0 aliphatic heterocycles. The molecule has 0 aromatic heterocycles. The van der Waals surface area contributed by atoms with Crippen molar-refractivity contribution in [2.45, 2.75) is 6.42 Å². The Morgan fingerprint density at radius 3 is 2.65 bits per heavy atom. The van der Waals surface area contributed by atoms with Crippen LogP contribution in [0.5, 0.6) is 0 Å². The molecule has 7 heteroatoms. The third-order valence-corrected chi connectivity index (χ3v) is 2.83. The Kier molecular flexibility index (Phi) is 5.74. The second-order valence-corrected chi connectivity index (χ2v) is 4.73. The summed E-state index contributed by atoms with van der Waals surface area (Å²) in [5.74, 6) is -0.258. The lowest BCUT2D eigenvalue weighted by atomic mass is 10.3. The van der Waals surface area contributed by atoms with Gasteiger partial charge in [0.05, 0.1) is 5.69 Å². The number of imide groups is 1. The Morgan fingerprint density at radius 1 is 1.35 bits per heavy atom. The average Bonchev–Trinajstić information content (AvgIpc) is 2.22. The van der Waals surface area contributed by atoms with Gasteiger partial charge in [-0.25, -0.2) is 4.79 Å². The van der Waals surface area contributed by atoms with E-state index in [1.165, 1.54) is 0 Å². The lowest BCUT2D eigenvalue weighted by molar-refractivity contribution is -0.119. The van der Waals surface area contributed by atoms with Gasteiger partial charge in [-0.3, -0.25) is 10.1 Å². The highest BCUT2D eigenvalue weighted by Gasteiger charge is 2.09. The molecule has 0 atom stereocenters. The zero-order chi connectivity index (χ0) is 12.8. The molecule has 0 unspecified atom stereocenters. The molecule has 17 heavy (non-hydrogen) atoms. The summed E-state index contributed by atoms with van der Waals surface area (Å²) in [5, 5.41) is 5.19. The average molecular weight is 340 g/mol. The summed E-state index contributed by atoms with van der Waals surface area (Å²) in [7, 11) is 0. The maximum Gasteiger partial charge on any atom is 0.325 e. The van der Waals surface area contributed by atoms with Gasteiger partial charge in [-0.2, -0.15) is 0 Å². The van der Waals surface area contributed by atoms with Crippen molar-refractivity contribution in [3.05, 3.63) is 27.7 Å². The van der Waals surface area contributed by atoms with Crippen molar-refractivity contribution in [3.8, 4) is 0 Å². The van der Waals surface area contributed by atoms with Crippen molar-refractivity contribution < 1.29 is 9.59 Å². The third-order valence-electron chi connectivity index (χ3n) is 1.75. The number of halogens is 3. The van der Waals surface area contributed by atoms with Crippen molar-refractivity contribution in [1.29, 1.82) is 0 Å². The molecule has 0 fully saturated rings. The molecule has 0 aliphatic rings. The number of hydrogen-bond donors (Lipinski definition) is 2. The molecule has 92 valence electrons. The number of benzene rings is 1. The van der Waals surface area contributed by atoms with E-state index in [9.17, 15) is 9.59 Å². The van der Waals surface area contributed by atoms with E-state index in [2.05, 4.69) is 26.6 Å². The molecule has 1 aromatic carbocycles. The van der Waals surface area contributed by atoms with Gasteiger partial charge < -0.3 is 5.32 Å². The summed E-state index contributed by atoms with van der Waals surface area (Å²) in [4.78, 5) is 22.5. The van der Waals surface area contributed by atoms with Gasteiger partial charge in [-0.05, 0) is 34.1 Å². The van der Waals surface area contributed by atoms with Crippen LogP contribution < -0.4 is 10.6 Å². The minimum absolute atomic E-state index is 0.0940. The van der Waals surface area contributed by atoms with Crippen molar-refractivity contribution in [1.82, 2.24) is 5.32 Å². The smallest absolute Gasteiger partial charge is 0.307 e. The fraction of sp³-hybridized carbons (Fsp3) is 0.200. The van der Waals surface area contributed by atoms with Gasteiger partial charge in [-0.15, -0.1) is 11.6 Å². The van der Waals surface area contributed by atoms with E-state index in [1.54, 1.807) is 18.2 Å². The largest absolute Gasteiger partial charge is 0.325 e. The number of carbonyl (C=O) groups excluding carboxylic acids is 2. The highest BCUT2D eigenvalue weighted by atomic mass is 79.9. The summed E-state index contributed by atoms with van der Waals surface area (Å²) >= 11 is 14.4. The van der Waals surface area contributed by atoms with Gasteiger partial charge >= 0.3 is 6.03 Å². The van der Waals surface area contributed by atoms with Crippen LogP contribution in [0.3, 0.4) is 0 Å². The molecule has 0 heterocycles. The zero-order valence-corrected chi connectivity index (χ0v) is 11.7. The Bertz CT molecular complexity index is 440. The van der Waals surface area contributed by atoms with Crippen LogP contribution in [0.4, 0.5) is 10.5 Å². The molecule has 1 rings (SSSR count). The van der Waals surface area contributed by atoms with Crippen LogP contribution in [-0.4, -0.2) is 17.8 Å². The van der Waals surface area contributed by atoms with Crippen LogP contribution in [0.15, 0.2) is 22.7 Å². The summed E-state index contributed by atoms with van der Waals surface area (Å²) in [5.41, 5.74) is 0.519. The van der Waals surface area contributed by atoms with E-state index >= 15 is 0 Å². The first kappa shape index (κ1) is 14.3. The van der Waals surface area contributed by atoms with E-state index in [1.807, 2.05) is 0 Å². The lowest BCUT2D eigenvalue weighted by Crippen LogP contribution is -2.34. The third kappa shape index (κ3) is 4.93. The number of rotatable bonds is 3. The van der Waals surface area contributed by atoms with Gasteiger partial charge in [0.15, 0.2) is 0 Å². The predicted octanol–water partition coefficient (Wildman–Crippen LogP) is 3.38. The zero-order valence-electron chi connectivity index (χ0n) is 8.60. The molecule has 0 radical (unpaired) electrons.